The number of likely N-dealkylation sites (N-methyl/N-ethyl adjacent to an activating group) is 2. The minimum Gasteiger partial charge on any atom is -0.370 e. The maximum Gasteiger partial charge on any atom is 0.416 e. The molecule has 2 aromatic carbocycles. The molecule has 13 heteroatoms. The number of nitrogens with zero attached hydrogens (tertiary/aromatic N) is 4. The first-order valence-electron chi connectivity index (χ1n) is 13.1. The highest BCUT2D eigenvalue weighted by molar-refractivity contribution is 6.01. The molecule has 0 aliphatic carbocycles. The van der Waals surface area contributed by atoms with Crippen LogP contribution in [0.5, 0.6) is 0 Å². The summed E-state index contributed by atoms with van der Waals surface area (Å²) in [6.45, 7) is 1.75. The van der Waals surface area contributed by atoms with Crippen LogP contribution in [0.3, 0.4) is 0 Å². The average Bonchev–Trinajstić information content (AvgIpc) is 2.98. The van der Waals surface area contributed by atoms with Crippen molar-refractivity contribution in [2.45, 2.75) is 27.2 Å². The van der Waals surface area contributed by atoms with E-state index in [0.717, 1.165) is 43.0 Å². The molecule has 0 saturated heterocycles. The predicted octanol–water partition coefficient (Wildman–Crippen LogP) is 8.06. The molecule has 6 rings (SSSR count). The van der Waals surface area contributed by atoms with Gasteiger partial charge in [-0.3, -0.25) is 4.79 Å². The summed E-state index contributed by atoms with van der Waals surface area (Å²) in [4.78, 5) is 23.9. The first kappa shape index (κ1) is 34.7. The summed E-state index contributed by atoms with van der Waals surface area (Å²) in [6, 6.07) is 17.1. The normalized spacial score (nSPS) is 13.9. The molecule has 4 aromatic rings. The fourth-order valence-electron chi connectivity index (χ4n) is 4.65. The summed E-state index contributed by atoms with van der Waals surface area (Å²) < 4.78 is 76.6. The third-order valence-corrected chi connectivity index (χ3v) is 7.01. The van der Waals surface area contributed by atoms with E-state index in [1.54, 1.807) is 37.4 Å². The number of halogens is 6. The lowest BCUT2D eigenvalue weighted by Crippen LogP contribution is -2.37. The SMILES string of the molecule is C.C.CN1C(=O)CNc2nc(-c3cccc(C(F)(F)F)c3)ccc21.CN1CCNc2nc(-c3cccc(C(F)(F)F)c3)ccc21. The van der Waals surface area contributed by atoms with E-state index in [-0.39, 0.29) is 27.3 Å². The molecule has 4 heterocycles. The average molecular weight is 633 g/mol. The smallest absolute Gasteiger partial charge is 0.370 e. The van der Waals surface area contributed by atoms with Crippen LogP contribution in [-0.2, 0) is 17.1 Å². The lowest BCUT2D eigenvalue weighted by atomic mass is 10.1. The van der Waals surface area contributed by atoms with E-state index in [2.05, 4.69) is 25.5 Å². The van der Waals surface area contributed by atoms with Crippen molar-refractivity contribution in [3.8, 4) is 22.5 Å². The molecule has 2 aromatic heterocycles. The molecule has 0 spiro atoms. The number of hydrogen-bond donors (Lipinski definition) is 2. The van der Waals surface area contributed by atoms with Crippen molar-refractivity contribution in [1.29, 1.82) is 0 Å². The van der Waals surface area contributed by atoms with Crippen LogP contribution in [0.25, 0.3) is 22.5 Å². The van der Waals surface area contributed by atoms with Crippen LogP contribution < -0.4 is 20.4 Å². The lowest BCUT2D eigenvalue weighted by Gasteiger charge is -2.27. The molecular formula is C32H34F6N6O. The molecule has 2 aliphatic rings. The molecule has 0 unspecified atom stereocenters. The number of pyridine rings is 2. The third kappa shape index (κ3) is 7.65. The molecule has 7 nitrogen and oxygen atoms in total. The summed E-state index contributed by atoms with van der Waals surface area (Å²) in [5.74, 6) is 1.09. The zero-order chi connectivity index (χ0) is 30.9. The third-order valence-electron chi connectivity index (χ3n) is 7.01. The van der Waals surface area contributed by atoms with Crippen molar-refractivity contribution < 1.29 is 31.1 Å². The Labute approximate surface area is 257 Å². The molecule has 0 saturated carbocycles. The Morgan fingerprint density at radius 2 is 1.18 bits per heavy atom. The van der Waals surface area contributed by atoms with Crippen molar-refractivity contribution in [2.24, 2.45) is 0 Å². The molecular weight excluding hydrogens is 598 g/mol. The van der Waals surface area contributed by atoms with Gasteiger partial charge in [-0.15, -0.1) is 0 Å². The molecule has 2 N–H and O–H groups in total. The second-order valence-corrected chi connectivity index (χ2v) is 9.94. The number of hydrogen-bond acceptors (Lipinski definition) is 6. The van der Waals surface area contributed by atoms with E-state index in [0.29, 0.717) is 39.8 Å². The first-order valence-corrected chi connectivity index (χ1v) is 13.1. The Kier molecular flexibility index (Phi) is 10.4. The van der Waals surface area contributed by atoms with Gasteiger partial charge in [-0.05, 0) is 48.5 Å². The Bertz CT molecular complexity index is 1660. The minimum absolute atomic E-state index is 0. The second-order valence-electron chi connectivity index (χ2n) is 9.94. The number of benzene rings is 2. The van der Waals surface area contributed by atoms with Crippen molar-refractivity contribution in [3.05, 3.63) is 83.9 Å². The summed E-state index contributed by atoms with van der Waals surface area (Å²) in [5.41, 5.74) is 1.96. The van der Waals surface area contributed by atoms with Crippen LogP contribution in [-0.4, -0.2) is 49.6 Å². The zero-order valence-corrected chi connectivity index (χ0v) is 23.0. The van der Waals surface area contributed by atoms with Crippen LogP contribution in [0, 0.1) is 0 Å². The van der Waals surface area contributed by atoms with Gasteiger partial charge in [0, 0.05) is 38.3 Å². The van der Waals surface area contributed by atoms with E-state index in [9.17, 15) is 31.1 Å². The summed E-state index contributed by atoms with van der Waals surface area (Å²) >= 11 is 0. The van der Waals surface area contributed by atoms with E-state index >= 15 is 0 Å². The van der Waals surface area contributed by atoms with Gasteiger partial charge in [0.1, 0.15) is 5.82 Å². The van der Waals surface area contributed by atoms with Gasteiger partial charge in [-0.1, -0.05) is 39.1 Å². The first-order chi connectivity index (χ1) is 20.3. The van der Waals surface area contributed by atoms with Crippen LogP contribution in [0.15, 0.2) is 72.8 Å². The molecule has 0 radical (unpaired) electrons. The number of rotatable bonds is 2. The summed E-state index contributed by atoms with van der Waals surface area (Å²) in [7, 11) is 3.60. The topological polar surface area (TPSA) is 73.4 Å². The zero-order valence-electron chi connectivity index (χ0n) is 23.0. The maximum atomic E-state index is 12.8. The summed E-state index contributed by atoms with van der Waals surface area (Å²) in [5, 5.41) is 6.05. The fourth-order valence-corrected chi connectivity index (χ4v) is 4.65. The van der Waals surface area contributed by atoms with E-state index < -0.39 is 23.5 Å². The van der Waals surface area contributed by atoms with Gasteiger partial charge in [0.15, 0.2) is 5.82 Å². The van der Waals surface area contributed by atoms with Gasteiger partial charge in [-0.2, -0.15) is 26.3 Å². The largest absolute Gasteiger partial charge is 0.416 e. The Morgan fingerprint density at radius 3 is 1.69 bits per heavy atom. The number of amides is 1. The van der Waals surface area contributed by atoms with Crippen molar-refractivity contribution in [2.75, 3.05) is 54.2 Å². The van der Waals surface area contributed by atoms with Crippen LogP contribution in [0.4, 0.5) is 49.4 Å². The van der Waals surface area contributed by atoms with Crippen LogP contribution >= 0.6 is 0 Å². The standard InChI is InChI=1S/C15H12F3N3O.C15H14F3N3.2CH4/c1-21-12-6-5-11(20-14(12)19-8-13(21)22)9-3-2-4-10(7-9)15(16,17)18;1-21-8-7-19-14-13(21)6-5-12(20-14)10-3-2-4-11(9-10)15(16,17)18;;/h2-7H,8H2,1H3,(H,19,20);2-6,9H,7-8H2,1H3,(H,19,20);2*1H4. The lowest BCUT2D eigenvalue weighted by molar-refractivity contribution is -0.138. The van der Waals surface area contributed by atoms with Gasteiger partial charge >= 0.3 is 12.4 Å². The van der Waals surface area contributed by atoms with Crippen LogP contribution in [0.1, 0.15) is 26.0 Å². The second kappa shape index (κ2) is 13.4. The number of anilines is 4. The van der Waals surface area contributed by atoms with Gasteiger partial charge in [0.2, 0.25) is 5.91 Å². The Hall–Kier alpha value is -4.81. The van der Waals surface area contributed by atoms with Crippen LogP contribution in [0.2, 0.25) is 0 Å². The van der Waals surface area contributed by atoms with Gasteiger partial charge < -0.3 is 20.4 Å². The van der Waals surface area contributed by atoms with E-state index in [4.69, 9.17) is 0 Å². The quantitative estimate of drug-likeness (QED) is 0.218. The molecule has 45 heavy (non-hydrogen) atoms. The van der Waals surface area contributed by atoms with E-state index in [1.165, 1.54) is 17.0 Å². The molecule has 0 bridgehead atoms. The number of carbonyl (C=O) groups is 1. The molecule has 240 valence electrons. The number of aromatic nitrogens is 2. The highest BCUT2D eigenvalue weighted by atomic mass is 19.4. The van der Waals surface area contributed by atoms with E-state index in [1.807, 2.05) is 13.1 Å². The fraction of sp³-hybridized carbons (Fsp3) is 0.281. The monoisotopic (exact) mass is 632 g/mol. The Balaban J connectivity index is 0.000000235. The van der Waals surface area contributed by atoms with Gasteiger partial charge in [0.25, 0.3) is 0 Å². The van der Waals surface area contributed by atoms with Crippen molar-refractivity contribution >= 4 is 28.9 Å². The number of nitrogens with one attached hydrogen (secondary N) is 2. The molecule has 0 fully saturated rings. The number of fused-ring (bicyclic) bond motifs is 2. The predicted molar refractivity (Wildman–Crippen MR) is 166 cm³/mol. The number of carbonyl (C=O) groups excluding carboxylic acids is 1. The Morgan fingerprint density at radius 1 is 0.689 bits per heavy atom. The van der Waals surface area contributed by atoms with Gasteiger partial charge in [0.05, 0.1) is 40.4 Å². The number of alkyl halides is 6. The molecule has 1 amide bonds. The highest BCUT2D eigenvalue weighted by Gasteiger charge is 2.31. The van der Waals surface area contributed by atoms with Crippen molar-refractivity contribution in [3.63, 3.8) is 0 Å². The van der Waals surface area contributed by atoms with Gasteiger partial charge in [-0.25, -0.2) is 9.97 Å². The molecule has 0 atom stereocenters. The highest BCUT2D eigenvalue weighted by Crippen LogP contribution is 2.35. The van der Waals surface area contributed by atoms with Crippen molar-refractivity contribution in [1.82, 2.24) is 9.97 Å². The molecule has 2 aliphatic heterocycles. The minimum atomic E-state index is -4.39. The maximum absolute atomic E-state index is 12.8. The summed E-state index contributed by atoms with van der Waals surface area (Å²) in [6.07, 6.45) is -8.74.